The van der Waals surface area contributed by atoms with E-state index in [0.717, 1.165) is 25.4 Å². The van der Waals surface area contributed by atoms with E-state index in [2.05, 4.69) is 19.2 Å². The lowest BCUT2D eigenvalue weighted by atomic mass is 10.1. The zero-order valence-electron chi connectivity index (χ0n) is 12.3. The van der Waals surface area contributed by atoms with Crippen molar-refractivity contribution in [3.63, 3.8) is 0 Å². The Kier molecular flexibility index (Phi) is 6.30. The summed E-state index contributed by atoms with van der Waals surface area (Å²) in [6.07, 6.45) is 0. The van der Waals surface area contributed by atoms with Crippen LogP contribution in [0.2, 0.25) is 0 Å². The SMILES string of the molecule is Cc1ccc(OCC(=O)N2CCNCC2C)cc1C.Cl. The number of nitrogens with zero attached hydrogens (tertiary/aromatic N) is 1. The van der Waals surface area contributed by atoms with E-state index in [4.69, 9.17) is 4.74 Å². The van der Waals surface area contributed by atoms with Crippen LogP contribution in [-0.2, 0) is 4.79 Å². The van der Waals surface area contributed by atoms with Gasteiger partial charge in [-0.2, -0.15) is 0 Å². The molecule has 0 radical (unpaired) electrons. The molecular formula is C15H23ClN2O2. The third-order valence-corrected chi connectivity index (χ3v) is 3.66. The first-order valence-electron chi connectivity index (χ1n) is 6.78. The summed E-state index contributed by atoms with van der Waals surface area (Å²) in [4.78, 5) is 14.0. The first-order chi connectivity index (χ1) is 9.08. The average Bonchev–Trinajstić information content (AvgIpc) is 2.40. The molecule has 1 aromatic rings. The summed E-state index contributed by atoms with van der Waals surface area (Å²) in [5.74, 6) is 0.825. The molecule has 0 saturated carbocycles. The van der Waals surface area contributed by atoms with Crippen LogP contribution in [0.4, 0.5) is 0 Å². The highest BCUT2D eigenvalue weighted by Crippen LogP contribution is 2.16. The van der Waals surface area contributed by atoms with Gasteiger partial charge in [-0.05, 0) is 44.0 Å². The molecule has 0 bridgehead atoms. The number of benzene rings is 1. The van der Waals surface area contributed by atoms with Gasteiger partial charge in [0.25, 0.3) is 5.91 Å². The third kappa shape index (κ3) is 4.12. The topological polar surface area (TPSA) is 41.6 Å². The smallest absolute Gasteiger partial charge is 0.260 e. The number of hydrogen-bond acceptors (Lipinski definition) is 3. The van der Waals surface area contributed by atoms with Crippen molar-refractivity contribution >= 4 is 18.3 Å². The van der Waals surface area contributed by atoms with E-state index in [-0.39, 0.29) is 31.0 Å². The van der Waals surface area contributed by atoms with Gasteiger partial charge in [-0.15, -0.1) is 12.4 Å². The molecule has 1 amide bonds. The molecule has 112 valence electrons. The first-order valence-corrected chi connectivity index (χ1v) is 6.78. The molecule has 1 aliphatic rings. The monoisotopic (exact) mass is 298 g/mol. The van der Waals surface area contributed by atoms with Gasteiger partial charge >= 0.3 is 0 Å². The predicted molar refractivity (Wildman–Crippen MR) is 82.7 cm³/mol. The molecule has 1 aliphatic heterocycles. The Morgan fingerprint density at radius 3 is 2.80 bits per heavy atom. The van der Waals surface area contributed by atoms with Crippen molar-refractivity contribution < 1.29 is 9.53 Å². The fraction of sp³-hybridized carbons (Fsp3) is 0.533. The Morgan fingerprint density at radius 1 is 1.40 bits per heavy atom. The number of amides is 1. The van der Waals surface area contributed by atoms with E-state index in [1.165, 1.54) is 11.1 Å². The maximum absolute atomic E-state index is 12.1. The van der Waals surface area contributed by atoms with Crippen LogP contribution in [0.1, 0.15) is 18.1 Å². The zero-order chi connectivity index (χ0) is 13.8. The van der Waals surface area contributed by atoms with Gasteiger partial charge in [-0.25, -0.2) is 0 Å². The number of rotatable bonds is 3. The van der Waals surface area contributed by atoms with Crippen molar-refractivity contribution in [2.45, 2.75) is 26.8 Å². The molecule has 20 heavy (non-hydrogen) atoms. The quantitative estimate of drug-likeness (QED) is 0.927. The lowest BCUT2D eigenvalue weighted by Crippen LogP contribution is -2.53. The van der Waals surface area contributed by atoms with Crippen molar-refractivity contribution in [1.29, 1.82) is 0 Å². The fourth-order valence-electron chi connectivity index (χ4n) is 2.24. The van der Waals surface area contributed by atoms with Gasteiger partial charge in [0.15, 0.2) is 6.61 Å². The van der Waals surface area contributed by atoms with Crippen molar-refractivity contribution in [1.82, 2.24) is 10.2 Å². The molecule has 0 aliphatic carbocycles. The van der Waals surface area contributed by atoms with E-state index in [1.54, 1.807) is 0 Å². The van der Waals surface area contributed by atoms with Gasteiger partial charge in [0.2, 0.25) is 0 Å². The number of aryl methyl sites for hydroxylation is 2. The van der Waals surface area contributed by atoms with Crippen LogP contribution in [0.5, 0.6) is 5.75 Å². The molecule has 1 heterocycles. The van der Waals surface area contributed by atoms with Crippen molar-refractivity contribution in [2.75, 3.05) is 26.2 Å². The van der Waals surface area contributed by atoms with Gasteiger partial charge < -0.3 is 15.0 Å². The Morgan fingerprint density at radius 2 is 2.15 bits per heavy atom. The predicted octanol–water partition coefficient (Wildman–Crippen LogP) is 1.92. The third-order valence-electron chi connectivity index (χ3n) is 3.66. The maximum Gasteiger partial charge on any atom is 0.260 e. The minimum atomic E-state index is 0. The molecule has 1 aromatic carbocycles. The normalized spacial score (nSPS) is 18.4. The summed E-state index contributed by atoms with van der Waals surface area (Å²) < 4.78 is 5.59. The van der Waals surface area contributed by atoms with E-state index in [0.29, 0.717) is 0 Å². The fourth-order valence-corrected chi connectivity index (χ4v) is 2.24. The summed E-state index contributed by atoms with van der Waals surface area (Å²) in [5.41, 5.74) is 2.41. The van der Waals surface area contributed by atoms with Crippen LogP contribution < -0.4 is 10.1 Å². The Bertz CT molecular complexity index is 465. The number of ether oxygens (including phenoxy) is 1. The molecule has 0 aromatic heterocycles. The highest BCUT2D eigenvalue weighted by molar-refractivity contribution is 5.85. The molecule has 1 saturated heterocycles. The Labute approximate surface area is 126 Å². The van der Waals surface area contributed by atoms with Crippen LogP contribution in [0.3, 0.4) is 0 Å². The second-order valence-corrected chi connectivity index (χ2v) is 5.18. The summed E-state index contributed by atoms with van der Waals surface area (Å²) in [6, 6.07) is 6.15. The molecule has 1 fully saturated rings. The van der Waals surface area contributed by atoms with E-state index in [9.17, 15) is 4.79 Å². The number of carbonyl (C=O) groups is 1. The second kappa shape index (κ2) is 7.50. The van der Waals surface area contributed by atoms with Crippen LogP contribution in [-0.4, -0.2) is 43.1 Å². The number of halogens is 1. The van der Waals surface area contributed by atoms with E-state index in [1.807, 2.05) is 30.0 Å². The highest BCUT2D eigenvalue weighted by Gasteiger charge is 2.22. The maximum atomic E-state index is 12.1. The molecule has 1 unspecified atom stereocenters. The summed E-state index contributed by atoms with van der Waals surface area (Å²) >= 11 is 0. The van der Waals surface area contributed by atoms with Gasteiger partial charge in [-0.3, -0.25) is 4.79 Å². The van der Waals surface area contributed by atoms with E-state index < -0.39 is 0 Å². The number of piperazine rings is 1. The largest absolute Gasteiger partial charge is 0.484 e. The van der Waals surface area contributed by atoms with Gasteiger partial charge in [0.05, 0.1) is 0 Å². The molecule has 2 rings (SSSR count). The summed E-state index contributed by atoms with van der Waals surface area (Å²) in [6.45, 7) is 8.76. The highest BCUT2D eigenvalue weighted by atomic mass is 35.5. The second-order valence-electron chi connectivity index (χ2n) is 5.18. The van der Waals surface area contributed by atoms with Crippen molar-refractivity contribution in [2.24, 2.45) is 0 Å². The van der Waals surface area contributed by atoms with Crippen molar-refractivity contribution in [3.05, 3.63) is 29.3 Å². The molecule has 0 spiro atoms. The van der Waals surface area contributed by atoms with Crippen molar-refractivity contribution in [3.8, 4) is 5.75 Å². The van der Waals surface area contributed by atoms with E-state index >= 15 is 0 Å². The molecule has 4 nitrogen and oxygen atoms in total. The lowest BCUT2D eigenvalue weighted by molar-refractivity contribution is -0.136. The van der Waals surface area contributed by atoms with Crippen LogP contribution in [0, 0.1) is 13.8 Å². The molecule has 1 atom stereocenters. The molecule has 5 heteroatoms. The van der Waals surface area contributed by atoms with Crippen LogP contribution in [0.25, 0.3) is 0 Å². The lowest BCUT2D eigenvalue weighted by Gasteiger charge is -2.33. The molecular weight excluding hydrogens is 276 g/mol. The van der Waals surface area contributed by atoms with Gasteiger partial charge in [0, 0.05) is 25.7 Å². The van der Waals surface area contributed by atoms with Gasteiger partial charge in [-0.1, -0.05) is 6.07 Å². The zero-order valence-corrected chi connectivity index (χ0v) is 13.1. The van der Waals surface area contributed by atoms with Gasteiger partial charge in [0.1, 0.15) is 5.75 Å². The average molecular weight is 299 g/mol. The molecule has 1 N–H and O–H groups in total. The minimum Gasteiger partial charge on any atom is -0.484 e. The standard InChI is InChI=1S/C15H22N2O2.ClH/c1-11-4-5-14(8-12(11)2)19-10-15(18)17-7-6-16-9-13(17)3;/h4-5,8,13,16H,6-7,9-10H2,1-3H3;1H. The first kappa shape index (κ1) is 16.8. The Balaban J connectivity index is 0.00000200. The van der Waals surface area contributed by atoms with Crippen LogP contribution >= 0.6 is 12.4 Å². The summed E-state index contributed by atoms with van der Waals surface area (Å²) in [7, 11) is 0. The van der Waals surface area contributed by atoms with Crippen LogP contribution in [0.15, 0.2) is 18.2 Å². The number of hydrogen-bond donors (Lipinski definition) is 1. The number of carbonyl (C=O) groups excluding carboxylic acids is 1. The Hall–Kier alpha value is -1.26. The number of nitrogens with one attached hydrogen (secondary N) is 1. The minimum absolute atomic E-state index is 0. The summed E-state index contributed by atoms with van der Waals surface area (Å²) in [5, 5.41) is 3.27.